The average Bonchev–Trinajstić information content (AvgIpc) is 3.25. The van der Waals surface area contributed by atoms with Gasteiger partial charge in [-0.1, -0.05) is 48.0 Å². The first-order valence-electron chi connectivity index (χ1n) is 9.10. The minimum absolute atomic E-state index is 0.0786. The van der Waals surface area contributed by atoms with Gasteiger partial charge in [0.1, 0.15) is 0 Å². The topological polar surface area (TPSA) is 78.8 Å². The molecule has 0 radical (unpaired) electrons. The number of sulfonamides is 1. The van der Waals surface area contributed by atoms with Gasteiger partial charge in [-0.3, -0.25) is 4.79 Å². The molecule has 3 aromatic rings. The number of benzene rings is 2. The molecule has 30 heavy (non-hydrogen) atoms. The van der Waals surface area contributed by atoms with Crippen molar-refractivity contribution in [3.63, 3.8) is 0 Å². The largest absolute Gasteiger partial charge is 0.272 e. The van der Waals surface area contributed by atoms with E-state index >= 15 is 0 Å². The Hall–Kier alpha value is -2.52. The number of thiophene rings is 1. The lowest BCUT2D eigenvalue weighted by Crippen LogP contribution is -2.40. The van der Waals surface area contributed by atoms with Gasteiger partial charge >= 0.3 is 0 Å². The number of nitrogens with zero attached hydrogens (tertiary/aromatic N) is 2. The Morgan fingerprint density at radius 3 is 2.47 bits per heavy atom. The molecule has 1 aromatic heterocycles. The Morgan fingerprint density at radius 2 is 1.80 bits per heavy atom. The van der Waals surface area contributed by atoms with E-state index in [9.17, 15) is 13.2 Å². The maximum atomic E-state index is 13.1. The molecule has 0 spiro atoms. The molecule has 0 unspecified atom stereocenters. The normalized spacial score (nSPS) is 11.8. The summed E-state index contributed by atoms with van der Waals surface area (Å²) in [6, 6.07) is 19.1. The van der Waals surface area contributed by atoms with Crippen molar-refractivity contribution in [1.82, 2.24) is 9.73 Å². The van der Waals surface area contributed by atoms with Gasteiger partial charge in [0.25, 0.3) is 5.91 Å². The van der Waals surface area contributed by atoms with Crippen molar-refractivity contribution < 1.29 is 13.2 Å². The van der Waals surface area contributed by atoms with Crippen molar-refractivity contribution in [2.75, 3.05) is 13.1 Å². The summed E-state index contributed by atoms with van der Waals surface area (Å²) in [6.45, 7) is -0.198. The molecule has 1 amide bonds. The van der Waals surface area contributed by atoms with E-state index in [1.165, 1.54) is 41.8 Å². The van der Waals surface area contributed by atoms with Crippen LogP contribution in [0.1, 0.15) is 10.4 Å². The molecule has 0 aliphatic heterocycles. The lowest BCUT2D eigenvalue weighted by Gasteiger charge is -2.21. The van der Waals surface area contributed by atoms with E-state index in [4.69, 9.17) is 11.6 Å². The SMILES string of the molecule is O=C(CN(CCc1ccccc1)S(=O)(=O)c1ccc(Cl)cc1)N/N=C\c1cccs1. The second-order valence-corrected chi connectivity index (χ2v) is 9.69. The maximum Gasteiger partial charge on any atom is 0.255 e. The monoisotopic (exact) mass is 461 g/mol. The van der Waals surface area contributed by atoms with Crippen molar-refractivity contribution in [2.24, 2.45) is 5.10 Å². The van der Waals surface area contributed by atoms with Crippen LogP contribution in [-0.4, -0.2) is 37.9 Å². The summed E-state index contributed by atoms with van der Waals surface area (Å²) in [5.41, 5.74) is 3.37. The molecule has 0 atom stereocenters. The number of hydrogen-bond donors (Lipinski definition) is 1. The minimum Gasteiger partial charge on any atom is -0.272 e. The number of rotatable bonds is 9. The molecule has 3 rings (SSSR count). The summed E-state index contributed by atoms with van der Waals surface area (Å²) in [5, 5.41) is 6.23. The molecule has 1 N–H and O–H groups in total. The van der Waals surface area contributed by atoms with Crippen LogP contribution in [0.5, 0.6) is 0 Å². The molecule has 0 aliphatic rings. The quantitative estimate of drug-likeness (QED) is 0.389. The van der Waals surface area contributed by atoms with Gasteiger partial charge in [0.05, 0.1) is 17.7 Å². The van der Waals surface area contributed by atoms with Crippen LogP contribution >= 0.6 is 22.9 Å². The molecule has 2 aromatic carbocycles. The lowest BCUT2D eigenvalue weighted by atomic mass is 10.1. The zero-order valence-electron chi connectivity index (χ0n) is 15.9. The lowest BCUT2D eigenvalue weighted by molar-refractivity contribution is -0.121. The van der Waals surface area contributed by atoms with E-state index in [1.54, 1.807) is 0 Å². The second-order valence-electron chi connectivity index (χ2n) is 6.34. The van der Waals surface area contributed by atoms with Crippen molar-refractivity contribution in [2.45, 2.75) is 11.3 Å². The highest BCUT2D eigenvalue weighted by Gasteiger charge is 2.26. The van der Waals surface area contributed by atoms with Crippen molar-refractivity contribution in [1.29, 1.82) is 0 Å². The van der Waals surface area contributed by atoms with Gasteiger partial charge in [0.2, 0.25) is 10.0 Å². The Morgan fingerprint density at radius 1 is 1.07 bits per heavy atom. The van der Waals surface area contributed by atoms with Gasteiger partial charge < -0.3 is 0 Å². The molecular weight excluding hydrogens is 442 g/mol. The molecule has 0 fully saturated rings. The molecule has 0 bridgehead atoms. The van der Waals surface area contributed by atoms with Crippen molar-refractivity contribution in [3.8, 4) is 0 Å². The van der Waals surface area contributed by atoms with Crippen molar-refractivity contribution >= 4 is 45.1 Å². The smallest absolute Gasteiger partial charge is 0.255 e. The fourth-order valence-corrected chi connectivity index (χ4v) is 4.77. The van der Waals surface area contributed by atoms with E-state index < -0.39 is 15.9 Å². The summed E-state index contributed by atoms with van der Waals surface area (Å²) in [6.07, 6.45) is 1.99. The summed E-state index contributed by atoms with van der Waals surface area (Å²) < 4.78 is 27.4. The van der Waals surface area contributed by atoms with Crippen LogP contribution in [0.15, 0.2) is 82.1 Å². The van der Waals surface area contributed by atoms with Crippen LogP contribution in [0.25, 0.3) is 0 Å². The number of carbonyl (C=O) groups is 1. The third-order valence-electron chi connectivity index (χ3n) is 4.19. The number of hydrogen-bond acceptors (Lipinski definition) is 5. The van der Waals surface area contributed by atoms with E-state index in [-0.39, 0.29) is 18.0 Å². The Bertz CT molecular complexity index is 1080. The van der Waals surface area contributed by atoms with Crippen LogP contribution in [0.3, 0.4) is 0 Å². The first-order valence-corrected chi connectivity index (χ1v) is 11.8. The zero-order valence-corrected chi connectivity index (χ0v) is 18.3. The number of amides is 1. The van der Waals surface area contributed by atoms with Gasteiger partial charge in [-0.25, -0.2) is 13.8 Å². The first-order chi connectivity index (χ1) is 14.4. The first kappa shape index (κ1) is 22.2. The predicted molar refractivity (Wildman–Crippen MR) is 120 cm³/mol. The molecule has 6 nitrogen and oxygen atoms in total. The van der Waals surface area contributed by atoms with E-state index in [1.807, 2.05) is 47.8 Å². The van der Waals surface area contributed by atoms with Crippen LogP contribution < -0.4 is 5.43 Å². The number of hydrazone groups is 1. The standard InChI is InChI=1S/C21H20ClN3O3S2/c22-18-8-10-20(11-9-18)30(27,28)25(13-12-17-5-2-1-3-6-17)16-21(26)24-23-15-19-7-4-14-29-19/h1-11,14-15H,12-13,16H2,(H,24,26)/b23-15-. The van der Waals surface area contributed by atoms with Gasteiger partial charge in [-0.2, -0.15) is 9.41 Å². The fraction of sp³-hybridized carbons (Fsp3) is 0.143. The highest BCUT2D eigenvalue weighted by Crippen LogP contribution is 2.19. The van der Waals surface area contributed by atoms with Crippen LogP contribution in [0.2, 0.25) is 5.02 Å². The van der Waals surface area contributed by atoms with Gasteiger partial charge in [0.15, 0.2) is 0 Å². The number of halogens is 1. The second kappa shape index (κ2) is 10.5. The molecule has 9 heteroatoms. The van der Waals surface area contributed by atoms with E-state index in [0.717, 1.165) is 14.7 Å². The molecule has 0 saturated carbocycles. The Kier molecular flexibility index (Phi) is 7.75. The van der Waals surface area contributed by atoms with Gasteiger partial charge in [-0.05, 0) is 47.7 Å². The number of nitrogens with one attached hydrogen (secondary N) is 1. The van der Waals surface area contributed by atoms with E-state index in [0.29, 0.717) is 11.4 Å². The van der Waals surface area contributed by atoms with Crippen molar-refractivity contribution in [3.05, 3.63) is 87.6 Å². The van der Waals surface area contributed by atoms with Crippen LogP contribution in [-0.2, 0) is 21.2 Å². The summed E-state index contributed by atoms with van der Waals surface area (Å²) in [4.78, 5) is 13.3. The summed E-state index contributed by atoms with van der Waals surface area (Å²) in [7, 11) is -3.89. The highest BCUT2D eigenvalue weighted by molar-refractivity contribution is 7.89. The molecular formula is C21H20ClN3O3S2. The van der Waals surface area contributed by atoms with Crippen LogP contribution in [0, 0.1) is 0 Å². The predicted octanol–water partition coefficient (Wildman–Crippen LogP) is 3.79. The van der Waals surface area contributed by atoms with Crippen LogP contribution in [0.4, 0.5) is 0 Å². The average molecular weight is 462 g/mol. The Balaban J connectivity index is 1.74. The van der Waals surface area contributed by atoms with Gasteiger partial charge in [0, 0.05) is 16.4 Å². The van der Waals surface area contributed by atoms with E-state index in [2.05, 4.69) is 10.5 Å². The fourth-order valence-electron chi connectivity index (χ4n) is 2.67. The molecule has 1 heterocycles. The molecule has 0 aliphatic carbocycles. The third-order valence-corrected chi connectivity index (χ3v) is 7.11. The Labute approximate surface area is 184 Å². The minimum atomic E-state index is -3.89. The van der Waals surface area contributed by atoms with Gasteiger partial charge in [-0.15, -0.1) is 11.3 Å². The maximum absolute atomic E-state index is 13.1. The molecule has 0 saturated heterocycles. The molecule has 156 valence electrons. The third kappa shape index (κ3) is 6.24. The number of carbonyl (C=O) groups excluding carboxylic acids is 1. The summed E-state index contributed by atoms with van der Waals surface area (Å²) >= 11 is 7.36. The highest BCUT2D eigenvalue weighted by atomic mass is 35.5. The zero-order chi connectivity index (χ0) is 21.4. The summed E-state index contributed by atoms with van der Waals surface area (Å²) in [5.74, 6) is -0.520.